The fourth-order valence-electron chi connectivity index (χ4n) is 2.86. The molecule has 2 rings (SSSR count). The van der Waals surface area contributed by atoms with Crippen molar-refractivity contribution in [1.82, 2.24) is 0 Å². The van der Waals surface area contributed by atoms with E-state index >= 15 is 0 Å². The fraction of sp³-hybridized carbons (Fsp3) is 0.333. The summed E-state index contributed by atoms with van der Waals surface area (Å²) in [4.78, 5) is 46.8. The van der Waals surface area contributed by atoms with Crippen molar-refractivity contribution in [3.05, 3.63) is 68.7 Å². The van der Waals surface area contributed by atoms with Gasteiger partial charge in [0.1, 0.15) is 5.60 Å². The van der Waals surface area contributed by atoms with Crippen LogP contribution in [0, 0.1) is 5.92 Å². The Kier molecular flexibility index (Phi) is 11.0. The van der Waals surface area contributed by atoms with Crippen molar-refractivity contribution < 1.29 is 50.3 Å². The number of halogens is 9. The van der Waals surface area contributed by atoms with Gasteiger partial charge in [-0.25, -0.2) is 0 Å². The van der Waals surface area contributed by atoms with E-state index in [1.165, 1.54) is 26.8 Å². The monoisotopic (exact) mass is 606 g/mol. The Hall–Kier alpha value is -2.63. The molecule has 208 valence electrons. The summed E-state index contributed by atoms with van der Waals surface area (Å²) in [6.45, 7) is 5.47. The maximum atomic E-state index is 13.1. The van der Waals surface area contributed by atoms with Crippen LogP contribution in [0.1, 0.15) is 59.5 Å². The zero-order valence-electron chi connectivity index (χ0n) is 20.0. The second-order valence-corrected chi connectivity index (χ2v) is 9.81. The number of ether oxygens (including phenoxy) is 1. The van der Waals surface area contributed by atoms with E-state index in [2.05, 4.69) is 0 Å². The summed E-state index contributed by atoms with van der Waals surface area (Å²) in [5, 5.41) is -1.48. The van der Waals surface area contributed by atoms with Crippen LogP contribution in [-0.4, -0.2) is 28.4 Å². The topological polar surface area (TPSA) is 77.5 Å². The predicted molar refractivity (Wildman–Crippen MR) is 127 cm³/mol. The number of rotatable bonds is 5. The van der Waals surface area contributed by atoms with Crippen molar-refractivity contribution in [3.63, 3.8) is 0 Å². The van der Waals surface area contributed by atoms with Gasteiger partial charge in [-0.05, 0) is 75.7 Å². The van der Waals surface area contributed by atoms with Crippen molar-refractivity contribution in [2.75, 3.05) is 0 Å². The molecule has 0 aromatic heterocycles. The molecule has 14 heteroatoms. The molecule has 0 saturated heterocycles. The lowest BCUT2D eigenvalue weighted by atomic mass is 9.91. The van der Waals surface area contributed by atoms with E-state index in [0.717, 1.165) is 25.1 Å². The van der Waals surface area contributed by atoms with Crippen LogP contribution in [0.15, 0.2) is 36.4 Å². The van der Waals surface area contributed by atoms with E-state index in [9.17, 15) is 45.5 Å². The van der Waals surface area contributed by atoms with Crippen molar-refractivity contribution in [2.45, 2.75) is 45.6 Å². The minimum atomic E-state index is -4.87. The molecule has 0 spiro atoms. The van der Waals surface area contributed by atoms with Gasteiger partial charge in [0, 0.05) is 21.2 Å². The summed E-state index contributed by atoms with van der Waals surface area (Å²) in [6.07, 6.45) is -9.50. The minimum absolute atomic E-state index is 0.0982. The quantitative estimate of drug-likeness (QED) is 0.114. The Morgan fingerprint density at radius 1 is 0.763 bits per heavy atom. The van der Waals surface area contributed by atoms with Crippen molar-refractivity contribution in [2.24, 2.45) is 5.92 Å². The Labute approximate surface area is 228 Å². The molecule has 1 atom stereocenters. The average molecular weight is 608 g/mol. The largest absolute Gasteiger partial charge is 0.459 e. The summed E-state index contributed by atoms with van der Waals surface area (Å²) >= 11 is 15.9. The van der Waals surface area contributed by atoms with Gasteiger partial charge in [0.05, 0.1) is 11.1 Å². The first-order valence-electron chi connectivity index (χ1n) is 10.3. The molecule has 0 radical (unpaired) electrons. The molecule has 2 aromatic carbocycles. The molecular weight excluding hydrogens is 589 g/mol. The van der Waals surface area contributed by atoms with E-state index in [1.807, 2.05) is 0 Å². The smallest absolute Gasteiger partial charge is 0.417 e. The van der Waals surface area contributed by atoms with Gasteiger partial charge in [-0.1, -0.05) is 23.2 Å². The first kappa shape index (κ1) is 33.4. The third kappa shape index (κ3) is 9.59. The average Bonchev–Trinajstić information content (AvgIpc) is 2.71. The lowest BCUT2D eigenvalue weighted by Gasteiger charge is -2.23. The number of Topliss-reactive ketones (excluding diaryl/α,β-unsaturated/α-hetero) is 2. The van der Waals surface area contributed by atoms with E-state index in [-0.39, 0.29) is 10.0 Å². The molecule has 2 aromatic rings. The summed E-state index contributed by atoms with van der Waals surface area (Å²) in [7, 11) is 0. The highest BCUT2D eigenvalue weighted by molar-refractivity contribution is 6.68. The number of carbonyl (C=O) groups excluding carboxylic acids is 4. The number of hydrogen-bond donors (Lipinski definition) is 0. The minimum Gasteiger partial charge on any atom is -0.459 e. The Morgan fingerprint density at radius 3 is 1.50 bits per heavy atom. The number of ketones is 2. The van der Waals surface area contributed by atoms with Crippen LogP contribution in [0.25, 0.3) is 0 Å². The number of carbonyl (C=O) groups is 4. The molecule has 0 aliphatic carbocycles. The third-order valence-corrected chi connectivity index (χ3v) is 5.04. The maximum Gasteiger partial charge on any atom is 0.417 e. The van der Waals surface area contributed by atoms with Crippen molar-refractivity contribution in [1.29, 1.82) is 0 Å². The van der Waals surface area contributed by atoms with Crippen LogP contribution in [-0.2, 0) is 26.7 Å². The summed E-state index contributed by atoms with van der Waals surface area (Å²) in [6, 6.07) is 5.27. The highest BCUT2D eigenvalue weighted by Gasteiger charge is 2.41. The van der Waals surface area contributed by atoms with Crippen molar-refractivity contribution in [3.8, 4) is 0 Å². The maximum absolute atomic E-state index is 13.1. The van der Waals surface area contributed by atoms with Crippen LogP contribution < -0.4 is 0 Å². The van der Waals surface area contributed by atoms with Crippen LogP contribution in [0.2, 0.25) is 10.0 Å². The first-order valence-corrected chi connectivity index (χ1v) is 11.4. The molecule has 0 saturated carbocycles. The highest BCUT2D eigenvalue weighted by Crippen LogP contribution is 2.36. The zero-order chi connectivity index (χ0) is 29.8. The molecule has 0 heterocycles. The standard InChI is InChI=1S/C16H16ClF3O4.C8H3Cl2F3O/c1-8(21)12(14(23)24-15(2,3)4)13(22)10-6-5-9(17)7-11(10)16(18,19)20;9-4-1-2-5(7(10)14)6(3-4)8(11,12)13/h5-7,12H,1-4H3;1-3H. The summed E-state index contributed by atoms with van der Waals surface area (Å²) in [5.41, 5.74) is -4.83. The van der Waals surface area contributed by atoms with E-state index in [1.54, 1.807) is 0 Å². The van der Waals surface area contributed by atoms with Gasteiger partial charge in [-0.3, -0.25) is 19.2 Å². The third-order valence-electron chi connectivity index (χ3n) is 4.36. The van der Waals surface area contributed by atoms with Gasteiger partial charge in [0.2, 0.25) is 0 Å². The first-order chi connectivity index (χ1) is 17.1. The van der Waals surface area contributed by atoms with Crippen LogP contribution in [0.5, 0.6) is 0 Å². The van der Waals surface area contributed by atoms with Gasteiger partial charge in [-0.15, -0.1) is 0 Å². The fourth-order valence-corrected chi connectivity index (χ4v) is 3.37. The molecular formula is C24H19Cl3F6O5. The van der Waals surface area contributed by atoms with Gasteiger partial charge in [-0.2, -0.15) is 26.3 Å². The van der Waals surface area contributed by atoms with Crippen LogP contribution in [0.4, 0.5) is 26.3 Å². The van der Waals surface area contributed by atoms with Crippen LogP contribution in [0.3, 0.4) is 0 Å². The normalized spacial score (nSPS) is 12.7. The summed E-state index contributed by atoms with van der Waals surface area (Å²) < 4.78 is 81.3. The van der Waals surface area contributed by atoms with Gasteiger partial charge < -0.3 is 4.74 Å². The van der Waals surface area contributed by atoms with E-state index in [0.29, 0.717) is 12.1 Å². The Balaban J connectivity index is 0.000000437. The number of benzene rings is 2. The number of alkyl halides is 6. The second-order valence-electron chi connectivity index (χ2n) is 8.59. The van der Waals surface area contributed by atoms with Gasteiger partial charge >= 0.3 is 18.3 Å². The lowest BCUT2D eigenvalue weighted by Crippen LogP contribution is -2.37. The molecule has 0 N–H and O–H groups in total. The summed E-state index contributed by atoms with van der Waals surface area (Å²) in [5.74, 6) is -5.34. The lowest BCUT2D eigenvalue weighted by molar-refractivity contribution is -0.159. The Bertz CT molecular complexity index is 1230. The molecule has 5 nitrogen and oxygen atoms in total. The molecule has 1 unspecified atom stereocenters. The van der Waals surface area contributed by atoms with E-state index < -0.39 is 68.9 Å². The van der Waals surface area contributed by atoms with Gasteiger partial charge in [0.15, 0.2) is 17.5 Å². The van der Waals surface area contributed by atoms with Crippen LogP contribution >= 0.6 is 34.8 Å². The molecule has 0 fully saturated rings. The van der Waals surface area contributed by atoms with E-state index in [4.69, 9.17) is 39.5 Å². The Morgan fingerprint density at radius 2 is 1.16 bits per heavy atom. The predicted octanol–water partition coefficient (Wildman–Crippen LogP) is 7.83. The number of hydrogen-bond acceptors (Lipinski definition) is 5. The second kappa shape index (κ2) is 12.5. The molecule has 38 heavy (non-hydrogen) atoms. The zero-order valence-corrected chi connectivity index (χ0v) is 22.3. The number of esters is 1. The SMILES string of the molecule is CC(=O)C(C(=O)OC(C)(C)C)C(=O)c1ccc(Cl)cc1C(F)(F)F.O=C(Cl)c1ccc(Cl)cc1C(F)(F)F. The highest BCUT2D eigenvalue weighted by atomic mass is 35.5. The van der Waals surface area contributed by atoms with Gasteiger partial charge in [0.25, 0.3) is 5.24 Å². The molecule has 0 aliphatic heterocycles. The molecule has 0 amide bonds. The molecule has 0 bridgehead atoms. The molecule has 0 aliphatic rings. The van der Waals surface area contributed by atoms with Crippen molar-refractivity contribution >= 4 is 57.6 Å².